The number of fused-ring (bicyclic) bond motifs is 2. The fraction of sp³-hybridized carbons (Fsp3) is 0.605. The number of aliphatic hydroxyl groups excluding tert-OH is 1. The Kier molecular flexibility index (Phi) is 15.3. The number of rotatable bonds is 13. The normalized spacial score (nSPS) is 24.3. The second-order valence-electron chi connectivity index (χ2n) is 15.5. The number of piperidine rings is 1. The molecule has 1 aliphatic carbocycles. The topological polar surface area (TPSA) is 85.4 Å². The lowest BCUT2D eigenvalue weighted by Gasteiger charge is -2.48. The van der Waals surface area contributed by atoms with E-state index < -0.39 is 10.7 Å². The van der Waals surface area contributed by atoms with Gasteiger partial charge in [0.05, 0.1) is 18.8 Å². The summed E-state index contributed by atoms with van der Waals surface area (Å²) >= 11 is 6.50. The molecule has 3 fully saturated rings. The van der Waals surface area contributed by atoms with E-state index in [0.717, 1.165) is 88.4 Å². The van der Waals surface area contributed by atoms with E-state index in [4.69, 9.17) is 21.4 Å². The third kappa shape index (κ3) is 10.3. The molecule has 3 aliphatic heterocycles. The zero-order valence-corrected chi connectivity index (χ0v) is 34.3. The number of allylic oxidation sites excluding steroid dienone is 1. The minimum atomic E-state index is -0.466. The third-order valence-electron chi connectivity index (χ3n) is 11.6. The summed E-state index contributed by atoms with van der Waals surface area (Å²) in [5, 5.41) is 8.04. The fourth-order valence-corrected chi connectivity index (χ4v) is 9.46. The van der Waals surface area contributed by atoms with Crippen molar-refractivity contribution in [1.82, 2.24) is 14.5 Å². The van der Waals surface area contributed by atoms with E-state index >= 15 is 0 Å². The van der Waals surface area contributed by atoms with Gasteiger partial charge in [0.2, 0.25) is 5.91 Å². The van der Waals surface area contributed by atoms with Crippen molar-refractivity contribution >= 4 is 45.6 Å². The lowest BCUT2D eigenvalue weighted by molar-refractivity contribution is -0.142. The molecule has 0 aromatic heterocycles. The monoisotopic (exact) mass is 766 g/mol. The maximum atomic E-state index is 13.4. The van der Waals surface area contributed by atoms with Gasteiger partial charge >= 0.3 is 0 Å². The average molecular weight is 768 g/mol. The van der Waals surface area contributed by atoms with Crippen molar-refractivity contribution < 1.29 is 19.4 Å². The average Bonchev–Trinajstić information content (AvgIpc) is 3.32. The molecular formula is C43H63ClN4O4S. The predicted octanol–water partition coefficient (Wildman–Crippen LogP) is 7.94. The van der Waals surface area contributed by atoms with E-state index in [1.54, 1.807) is 0 Å². The van der Waals surface area contributed by atoms with Gasteiger partial charge < -0.3 is 24.4 Å². The van der Waals surface area contributed by atoms with Crippen LogP contribution in [0.2, 0.25) is 5.02 Å². The number of aryl methyl sites for hydroxylation is 1. The molecule has 0 radical (unpaired) electrons. The highest BCUT2D eigenvalue weighted by atomic mass is 35.5. The first kappa shape index (κ1) is 41.3. The van der Waals surface area contributed by atoms with Crippen LogP contribution in [0.25, 0.3) is 0 Å². The van der Waals surface area contributed by atoms with Gasteiger partial charge in [-0.1, -0.05) is 80.5 Å². The molecule has 2 saturated heterocycles. The molecule has 6 unspecified atom stereocenters. The highest BCUT2D eigenvalue weighted by molar-refractivity contribution is 8.13. The van der Waals surface area contributed by atoms with Crippen LogP contribution in [-0.2, 0) is 11.2 Å². The van der Waals surface area contributed by atoms with Crippen molar-refractivity contribution in [2.75, 3.05) is 57.9 Å². The summed E-state index contributed by atoms with van der Waals surface area (Å²) in [6.45, 7) is 14.3. The first-order valence-electron chi connectivity index (χ1n) is 19.9. The highest BCUT2D eigenvalue weighted by Crippen LogP contribution is 2.45. The number of nitrogens with one attached hydrogen (secondary N) is 1. The molecule has 53 heavy (non-hydrogen) atoms. The molecule has 2 amide bonds. The van der Waals surface area contributed by atoms with Gasteiger partial charge in [0.1, 0.15) is 5.75 Å². The molecule has 1 saturated carbocycles. The Bertz CT molecular complexity index is 1600. The summed E-state index contributed by atoms with van der Waals surface area (Å²) in [5.74, 6) is 6.84. The zero-order valence-electron chi connectivity index (χ0n) is 32.7. The number of anilines is 1. The van der Waals surface area contributed by atoms with Crippen LogP contribution in [0.3, 0.4) is 0 Å². The van der Waals surface area contributed by atoms with Crippen molar-refractivity contribution in [1.29, 1.82) is 0 Å². The molecule has 3 heterocycles. The molecule has 0 spiro atoms. The van der Waals surface area contributed by atoms with Crippen LogP contribution in [0, 0.1) is 17.8 Å². The lowest BCUT2D eigenvalue weighted by Crippen LogP contribution is -2.59. The van der Waals surface area contributed by atoms with Gasteiger partial charge in [-0.2, -0.15) is 0 Å². The molecule has 10 heteroatoms. The molecule has 2 aromatic rings. The van der Waals surface area contributed by atoms with E-state index in [0.29, 0.717) is 48.4 Å². The van der Waals surface area contributed by atoms with Gasteiger partial charge in [-0.25, -0.2) is 0 Å². The van der Waals surface area contributed by atoms with Crippen LogP contribution < -0.4 is 14.4 Å². The van der Waals surface area contributed by atoms with Gasteiger partial charge in [-0.3, -0.25) is 14.5 Å². The summed E-state index contributed by atoms with van der Waals surface area (Å²) in [7, 11) is 0.534. The molecule has 0 bridgehead atoms. The van der Waals surface area contributed by atoms with E-state index in [2.05, 4.69) is 77.3 Å². The minimum Gasteiger partial charge on any atom is -0.491 e. The third-order valence-corrected chi connectivity index (χ3v) is 13.5. The lowest BCUT2D eigenvalue weighted by atomic mass is 9.66. The number of amides is 2. The van der Waals surface area contributed by atoms with Gasteiger partial charge in [-0.15, -0.1) is 0 Å². The Balaban J connectivity index is 0.00000266. The molecule has 2 aromatic carbocycles. The second-order valence-corrected chi connectivity index (χ2v) is 18.0. The standard InChI is InChI=1S/C42H59ClN4O3S.CH4O/c1-6-8-12-32(23-45-26-36-13-9-10-20-47(36)41(48)27-45)38-17-14-33(38)24-46-25-34(37-18-16-35(43)21-30(37)11-7-2)28-50-40-19-15-31(22-39(40)46)42(49)44-51(5)29(3)4;1-2/h8,12,15-16,18-19,21-22,29,32-34,36,38H,5-7,9-11,13-14,17,20,23-28H2,1-4H3,(H,44,49);2H,1H3/b12-8+;. The van der Waals surface area contributed by atoms with E-state index in [1.807, 2.05) is 24.3 Å². The quantitative estimate of drug-likeness (QED) is 0.159. The first-order valence-corrected chi connectivity index (χ1v) is 21.8. The molecule has 4 aliphatic rings. The van der Waals surface area contributed by atoms with Crippen molar-refractivity contribution in [2.45, 2.75) is 96.3 Å². The number of carbonyl (C=O) groups excluding carboxylic acids is 2. The van der Waals surface area contributed by atoms with Crippen LogP contribution in [0.5, 0.6) is 5.75 Å². The van der Waals surface area contributed by atoms with Gasteiger partial charge in [0, 0.05) is 67.6 Å². The summed E-state index contributed by atoms with van der Waals surface area (Å²) in [5.41, 5.74) is 4.23. The molecule has 2 N–H and O–H groups in total. The molecule has 8 nitrogen and oxygen atoms in total. The number of nitrogens with zero attached hydrogens (tertiary/aromatic N) is 3. The second kappa shape index (κ2) is 19.7. The Hall–Kier alpha value is -2.85. The van der Waals surface area contributed by atoms with Gasteiger partial charge in [0.25, 0.3) is 5.91 Å². The van der Waals surface area contributed by atoms with Crippen LogP contribution >= 0.6 is 22.3 Å². The van der Waals surface area contributed by atoms with Crippen molar-refractivity contribution in [3.8, 4) is 5.75 Å². The largest absolute Gasteiger partial charge is 0.491 e. The SMILES string of the molecule is C=S(NC(=O)c1ccc2c(c1)N(CC1CCC1C(/C=C/CC)CN1CC(=O)N3CCCCC3C1)CC(c1ccc(Cl)cc1CCC)CO2)C(C)C.CO. The Labute approximate surface area is 326 Å². The number of piperazine rings is 1. The molecule has 6 rings (SSSR count). The fourth-order valence-electron chi connectivity index (χ4n) is 8.67. The van der Waals surface area contributed by atoms with Crippen LogP contribution in [-0.4, -0.2) is 96.9 Å². The number of benzene rings is 2. The van der Waals surface area contributed by atoms with E-state index in [9.17, 15) is 9.59 Å². The highest BCUT2D eigenvalue weighted by Gasteiger charge is 2.41. The van der Waals surface area contributed by atoms with E-state index in [-0.39, 0.29) is 17.1 Å². The summed E-state index contributed by atoms with van der Waals surface area (Å²) in [6.07, 6.45) is 13.7. The maximum Gasteiger partial charge on any atom is 0.260 e. The predicted molar refractivity (Wildman–Crippen MR) is 223 cm³/mol. The zero-order chi connectivity index (χ0) is 38.1. The molecular weight excluding hydrogens is 704 g/mol. The summed E-state index contributed by atoms with van der Waals surface area (Å²) in [4.78, 5) is 33.7. The van der Waals surface area contributed by atoms with Crippen molar-refractivity contribution in [2.24, 2.45) is 17.8 Å². The summed E-state index contributed by atoms with van der Waals surface area (Å²) in [6, 6.07) is 12.6. The number of carbonyl (C=O) groups is 2. The number of ether oxygens (including phenoxy) is 1. The Morgan fingerprint density at radius 1 is 1.11 bits per heavy atom. The first-order chi connectivity index (χ1) is 25.6. The number of halogens is 1. The molecule has 6 atom stereocenters. The number of hydrogen-bond acceptors (Lipinski definition) is 6. The van der Waals surface area contributed by atoms with Crippen LogP contribution in [0.15, 0.2) is 48.6 Å². The summed E-state index contributed by atoms with van der Waals surface area (Å²) < 4.78 is 9.73. The van der Waals surface area contributed by atoms with Crippen molar-refractivity contribution in [3.05, 3.63) is 70.3 Å². The number of aliphatic hydroxyl groups is 1. The van der Waals surface area contributed by atoms with Crippen LogP contribution in [0.4, 0.5) is 5.69 Å². The maximum absolute atomic E-state index is 13.4. The van der Waals surface area contributed by atoms with Crippen LogP contribution in [0.1, 0.15) is 100 Å². The smallest absolute Gasteiger partial charge is 0.260 e. The Morgan fingerprint density at radius 3 is 2.64 bits per heavy atom. The Morgan fingerprint density at radius 2 is 1.92 bits per heavy atom. The number of hydrogen-bond donors (Lipinski definition) is 2. The minimum absolute atomic E-state index is 0.0904. The van der Waals surface area contributed by atoms with Gasteiger partial charge in [-0.05, 0) is 104 Å². The van der Waals surface area contributed by atoms with E-state index in [1.165, 1.54) is 30.4 Å². The van der Waals surface area contributed by atoms with Crippen molar-refractivity contribution in [3.63, 3.8) is 0 Å². The van der Waals surface area contributed by atoms with Gasteiger partial charge in [0.15, 0.2) is 0 Å². The molecule has 292 valence electrons.